The highest BCUT2D eigenvalue weighted by molar-refractivity contribution is 7.92. The van der Waals surface area contributed by atoms with Crippen molar-refractivity contribution in [2.75, 3.05) is 13.1 Å². The zero-order valence-electron chi connectivity index (χ0n) is 17.9. The van der Waals surface area contributed by atoms with E-state index in [1.165, 1.54) is 0 Å². The molecule has 0 bridgehead atoms. The molecule has 1 aliphatic heterocycles. The van der Waals surface area contributed by atoms with Crippen molar-refractivity contribution in [3.63, 3.8) is 0 Å². The molecule has 31 heavy (non-hydrogen) atoms. The van der Waals surface area contributed by atoms with Crippen molar-refractivity contribution in [2.45, 2.75) is 62.1 Å². The summed E-state index contributed by atoms with van der Waals surface area (Å²) in [4.78, 5) is 14.2. The lowest BCUT2D eigenvalue weighted by Gasteiger charge is -2.41. The Kier molecular flexibility index (Phi) is 6.96. The summed E-state index contributed by atoms with van der Waals surface area (Å²) in [7, 11) is -3.10. The third-order valence-electron chi connectivity index (χ3n) is 6.48. The maximum absolute atomic E-state index is 12.7. The molecule has 0 spiro atoms. The average Bonchev–Trinajstić information content (AvgIpc) is 2.77. The second-order valence-corrected chi connectivity index (χ2v) is 11.2. The molecule has 0 aromatic heterocycles. The number of rotatable bonds is 8. The van der Waals surface area contributed by atoms with Gasteiger partial charge in [-0.05, 0) is 42.5 Å². The molecule has 0 radical (unpaired) electrons. The van der Waals surface area contributed by atoms with Crippen LogP contribution in [-0.2, 0) is 27.7 Å². The lowest BCUT2D eigenvalue weighted by Crippen LogP contribution is -2.58. The van der Waals surface area contributed by atoms with E-state index in [4.69, 9.17) is 4.74 Å². The second-order valence-electron chi connectivity index (χ2n) is 8.69. The first kappa shape index (κ1) is 21.9. The summed E-state index contributed by atoms with van der Waals surface area (Å²) in [5, 5.41) is -0.549. The summed E-state index contributed by atoms with van der Waals surface area (Å²) in [5.74, 6) is 0.844. The predicted octanol–water partition coefficient (Wildman–Crippen LogP) is 4.16. The number of carbonyl (C=O) groups excluding carboxylic acids is 1. The van der Waals surface area contributed by atoms with Gasteiger partial charge in [0.15, 0.2) is 9.84 Å². The smallest absolute Gasteiger partial charge is 0.222 e. The minimum atomic E-state index is -3.10. The van der Waals surface area contributed by atoms with Crippen LogP contribution in [0.2, 0.25) is 0 Å². The Morgan fingerprint density at radius 3 is 2.23 bits per heavy atom. The highest BCUT2D eigenvalue weighted by Gasteiger charge is 2.43. The Hall–Kier alpha value is -2.34. The summed E-state index contributed by atoms with van der Waals surface area (Å²) in [6.07, 6.45) is 5.79. The van der Waals surface area contributed by atoms with E-state index >= 15 is 0 Å². The summed E-state index contributed by atoms with van der Waals surface area (Å²) in [6.45, 7) is 1.26. The fourth-order valence-corrected chi connectivity index (χ4v) is 6.73. The Morgan fingerprint density at radius 1 is 0.871 bits per heavy atom. The van der Waals surface area contributed by atoms with Gasteiger partial charge in [-0.15, -0.1) is 0 Å². The van der Waals surface area contributed by atoms with Gasteiger partial charge in [0.05, 0.1) is 10.5 Å². The molecule has 6 heteroatoms. The summed E-state index contributed by atoms with van der Waals surface area (Å²) in [6, 6.07) is 17.9. The Balaban J connectivity index is 1.20. The number of likely N-dealkylation sites (tertiary alicyclic amines) is 1. The van der Waals surface area contributed by atoms with Gasteiger partial charge >= 0.3 is 0 Å². The minimum absolute atomic E-state index is 0.0412. The number of ether oxygens (including phenoxy) is 1. The molecule has 1 saturated carbocycles. The standard InChI is InChI=1S/C25H31NO4S/c27-25(26-17-24(18-26)31(28,29)23-9-5-2-6-10-23)16-13-20-11-14-22(15-12-20)30-19-21-7-3-1-4-8-21/h1,3-4,7-8,11-12,14-15,23-24H,2,5-6,9-10,13,16-19H2. The lowest BCUT2D eigenvalue weighted by atomic mass is 10.0. The van der Waals surface area contributed by atoms with Gasteiger partial charge in [-0.1, -0.05) is 61.7 Å². The number of nitrogens with zero attached hydrogens (tertiary/aromatic N) is 1. The third kappa shape index (κ3) is 5.48. The second kappa shape index (κ2) is 9.86. The van der Waals surface area contributed by atoms with Gasteiger partial charge in [-0.2, -0.15) is 0 Å². The topological polar surface area (TPSA) is 63.7 Å². The van der Waals surface area contributed by atoms with Crippen molar-refractivity contribution < 1.29 is 17.9 Å². The first-order valence-corrected chi connectivity index (χ1v) is 12.9. The highest BCUT2D eigenvalue weighted by atomic mass is 32.2. The molecule has 4 rings (SSSR count). The van der Waals surface area contributed by atoms with Gasteiger partial charge in [-0.3, -0.25) is 4.79 Å². The van der Waals surface area contributed by atoms with Crippen molar-refractivity contribution in [1.29, 1.82) is 0 Å². The van der Waals surface area contributed by atoms with E-state index in [1.807, 2.05) is 54.6 Å². The molecule has 1 amide bonds. The van der Waals surface area contributed by atoms with Crippen LogP contribution in [0.4, 0.5) is 0 Å². The zero-order chi connectivity index (χ0) is 21.7. The fraction of sp³-hybridized carbons (Fsp3) is 0.480. The average molecular weight is 442 g/mol. The Labute approximate surface area is 185 Å². The van der Waals surface area contributed by atoms with Gasteiger partial charge in [-0.25, -0.2) is 8.42 Å². The lowest BCUT2D eigenvalue weighted by molar-refractivity contribution is -0.134. The Morgan fingerprint density at radius 2 is 1.55 bits per heavy atom. The molecule has 1 saturated heterocycles. The van der Waals surface area contributed by atoms with Crippen LogP contribution in [0.3, 0.4) is 0 Å². The molecule has 1 heterocycles. The molecule has 0 unspecified atom stereocenters. The molecule has 2 aromatic rings. The molecular formula is C25H31NO4S. The summed E-state index contributed by atoms with van der Waals surface area (Å²) >= 11 is 0. The number of amides is 1. The zero-order valence-corrected chi connectivity index (χ0v) is 18.7. The van der Waals surface area contributed by atoms with Crippen LogP contribution in [0.5, 0.6) is 5.75 Å². The van der Waals surface area contributed by atoms with E-state index in [0.717, 1.165) is 49.0 Å². The van der Waals surface area contributed by atoms with Gasteiger partial charge in [0.2, 0.25) is 5.91 Å². The van der Waals surface area contributed by atoms with Crippen molar-refractivity contribution in [2.24, 2.45) is 0 Å². The van der Waals surface area contributed by atoms with Crippen LogP contribution in [0.15, 0.2) is 54.6 Å². The molecular weight excluding hydrogens is 410 g/mol. The van der Waals surface area contributed by atoms with Crippen molar-refractivity contribution in [3.8, 4) is 5.75 Å². The number of sulfone groups is 1. The van der Waals surface area contributed by atoms with Crippen LogP contribution in [-0.4, -0.2) is 42.8 Å². The minimum Gasteiger partial charge on any atom is -0.489 e. The van der Waals surface area contributed by atoms with Crippen LogP contribution < -0.4 is 4.74 Å². The third-order valence-corrected chi connectivity index (χ3v) is 9.11. The van der Waals surface area contributed by atoms with Crippen molar-refractivity contribution in [1.82, 2.24) is 4.90 Å². The maximum Gasteiger partial charge on any atom is 0.222 e. The first-order chi connectivity index (χ1) is 15.0. The van der Waals surface area contributed by atoms with E-state index in [9.17, 15) is 13.2 Å². The van der Waals surface area contributed by atoms with Crippen LogP contribution in [0.1, 0.15) is 49.7 Å². The van der Waals surface area contributed by atoms with Gasteiger partial charge < -0.3 is 9.64 Å². The number of hydrogen-bond acceptors (Lipinski definition) is 4. The quantitative estimate of drug-likeness (QED) is 0.617. The molecule has 1 aliphatic carbocycles. The molecule has 166 valence electrons. The SMILES string of the molecule is O=C(CCc1ccc(OCc2ccccc2)cc1)N1CC(S(=O)(=O)C2CCCCC2)C1. The highest BCUT2D eigenvalue weighted by Crippen LogP contribution is 2.30. The summed E-state index contributed by atoms with van der Waals surface area (Å²) < 4.78 is 31.3. The van der Waals surface area contributed by atoms with Crippen molar-refractivity contribution in [3.05, 3.63) is 65.7 Å². The number of hydrogen-bond donors (Lipinski definition) is 0. The largest absolute Gasteiger partial charge is 0.489 e. The van der Waals surface area contributed by atoms with Crippen molar-refractivity contribution >= 4 is 15.7 Å². The summed E-state index contributed by atoms with van der Waals surface area (Å²) in [5.41, 5.74) is 2.20. The van der Waals surface area contributed by atoms with E-state index in [1.54, 1.807) is 4.90 Å². The number of aryl methyl sites for hydroxylation is 1. The number of benzene rings is 2. The number of carbonyl (C=O) groups is 1. The molecule has 0 N–H and O–H groups in total. The molecule has 2 fully saturated rings. The fourth-order valence-electron chi connectivity index (χ4n) is 4.42. The first-order valence-electron chi connectivity index (χ1n) is 11.3. The van der Waals surface area contributed by atoms with Crippen LogP contribution in [0, 0.1) is 0 Å². The van der Waals surface area contributed by atoms with Gasteiger partial charge in [0.25, 0.3) is 0 Å². The van der Waals surface area contributed by atoms with Gasteiger partial charge in [0.1, 0.15) is 12.4 Å². The van der Waals surface area contributed by atoms with E-state index < -0.39 is 9.84 Å². The molecule has 5 nitrogen and oxygen atoms in total. The van der Waals surface area contributed by atoms with E-state index in [0.29, 0.717) is 32.5 Å². The molecule has 2 aromatic carbocycles. The van der Waals surface area contributed by atoms with Crippen LogP contribution in [0.25, 0.3) is 0 Å². The van der Waals surface area contributed by atoms with E-state index in [2.05, 4.69) is 0 Å². The maximum atomic E-state index is 12.7. The van der Waals surface area contributed by atoms with Gasteiger partial charge in [0, 0.05) is 19.5 Å². The van der Waals surface area contributed by atoms with Crippen LogP contribution >= 0.6 is 0 Å². The Bertz CT molecular complexity index is 960. The van der Waals surface area contributed by atoms with E-state index in [-0.39, 0.29) is 16.4 Å². The monoisotopic (exact) mass is 441 g/mol. The molecule has 2 aliphatic rings. The predicted molar refractivity (Wildman–Crippen MR) is 122 cm³/mol. The normalized spacial score (nSPS) is 17.9. The molecule has 0 atom stereocenters.